The molecule has 12 heteroatoms. The second kappa shape index (κ2) is 9.98. The van der Waals surface area contributed by atoms with Crippen molar-refractivity contribution < 1.29 is 22.8 Å². The predicted molar refractivity (Wildman–Crippen MR) is 112 cm³/mol. The zero-order valence-corrected chi connectivity index (χ0v) is 17.3. The van der Waals surface area contributed by atoms with Crippen LogP contribution in [-0.4, -0.2) is 34.3 Å². The lowest BCUT2D eigenvalue weighted by Crippen LogP contribution is -2.34. The second-order valence-electron chi connectivity index (χ2n) is 7.86. The Bertz CT molecular complexity index is 935. The topological polar surface area (TPSA) is 133 Å². The number of nitro groups is 1. The molecule has 0 bridgehead atoms. The van der Waals surface area contributed by atoms with Crippen molar-refractivity contribution in [1.29, 1.82) is 0 Å². The van der Waals surface area contributed by atoms with Crippen molar-refractivity contribution in [3.8, 4) is 5.75 Å². The molecule has 0 radical (unpaired) electrons. The van der Waals surface area contributed by atoms with E-state index in [0.717, 1.165) is 31.9 Å². The number of hydrogen-bond donors (Lipinski definition) is 2. The molecular weight excluding hydrogens is 429 g/mol. The van der Waals surface area contributed by atoms with Gasteiger partial charge in [-0.1, -0.05) is 18.2 Å². The molecule has 1 aromatic carbocycles. The fraction of sp³-hybridized carbons (Fsp3) is 0.500. The highest BCUT2D eigenvalue weighted by atomic mass is 19.4. The summed E-state index contributed by atoms with van der Waals surface area (Å²) < 4.78 is 42.7. The quantitative estimate of drug-likeness (QED) is 0.456. The first-order valence-electron chi connectivity index (χ1n) is 10.2. The number of benzene rings is 1. The Balaban J connectivity index is 1.88. The fourth-order valence-corrected chi connectivity index (χ4v) is 3.91. The van der Waals surface area contributed by atoms with Crippen molar-refractivity contribution in [3.05, 3.63) is 46.1 Å². The van der Waals surface area contributed by atoms with Crippen LogP contribution >= 0.6 is 0 Å². The van der Waals surface area contributed by atoms with Gasteiger partial charge in [0, 0.05) is 18.7 Å². The highest BCUT2D eigenvalue weighted by Gasteiger charge is 2.32. The van der Waals surface area contributed by atoms with E-state index in [1.54, 1.807) is 11.0 Å². The molecule has 0 saturated heterocycles. The monoisotopic (exact) mass is 454 g/mol. The summed E-state index contributed by atoms with van der Waals surface area (Å²) in [6, 6.07) is 5.81. The molecule has 32 heavy (non-hydrogen) atoms. The molecule has 1 aromatic heterocycles. The van der Waals surface area contributed by atoms with Crippen LogP contribution in [-0.2, 0) is 6.54 Å². The third-order valence-corrected chi connectivity index (χ3v) is 5.60. The van der Waals surface area contributed by atoms with Crippen LogP contribution in [0, 0.1) is 22.0 Å². The molecule has 0 unspecified atom stereocenters. The van der Waals surface area contributed by atoms with Crippen molar-refractivity contribution in [2.45, 2.75) is 38.6 Å². The van der Waals surface area contributed by atoms with Crippen LogP contribution in [0.5, 0.6) is 5.75 Å². The lowest BCUT2D eigenvalue weighted by Gasteiger charge is -2.32. The molecule has 0 amide bonds. The Kier molecular flexibility index (Phi) is 7.33. The first-order chi connectivity index (χ1) is 15.2. The van der Waals surface area contributed by atoms with Crippen LogP contribution in [0.4, 0.5) is 30.6 Å². The normalized spacial score (nSPS) is 18.9. The third-order valence-electron chi connectivity index (χ3n) is 5.60. The minimum Gasteiger partial charge on any atom is -0.405 e. The van der Waals surface area contributed by atoms with Crippen molar-refractivity contribution in [3.63, 3.8) is 0 Å². The number of nitrogens with two attached hydrogens (primary N) is 2. The van der Waals surface area contributed by atoms with E-state index in [4.69, 9.17) is 11.5 Å². The van der Waals surface area contributed by atoms with Gasteiger partial charge in [-0.15, -0.1) is 13.2 Å². The van der Waals surface area contributed by atoms with Crippen LogP contribution in [0.25, 0.3) is 0 Å². The van der Waals surface area contributed by atoms with Crippen LogP contribution in [0.2, 0.25) is 0 Å². The van der Waals surface area contributed by atoms with E-state index in [9.17, 15) is 23.3 Å². The fourth-order valence-electron chi connectivity index (χ4n) is 3.91. The Labute approximate surface area is 182 Å². The summed E-state index contributed by atoms with van der Waals surface area (Å²) in [6.45, 7) is 1.09. The van der Waals surface area contributed by atoms with Gasteiger partial charge >= 0.3 is 12.0 Å². The van der Waals surface area contributed by atoms with E-state index in [-0.39, 0.29) is 35.5 Å². The number of anilines is 2. The van der Waals surface area contributed by atoms with Crippen molar-refractivity contribution in [2.75, 3.05) is 23.7 Å². The maximum atomic E-state index is 12.8. The molecule has 1 heterocycles. The largest absolute Gasteiger partial charge is 0.573 e. The molecule has 4 N–H and O–H groups in total. The maximum absolute atomic E-state index is 12.8. The Morgan fingerprint density at radius 1 is 1.19 bits per heavy atom. The molecule has 0 aliphatic heterocycles. The van der Waals surface area contributed by atoms with Gasteiger partial charge in [0.2, 0.25) is 11.8 Å². The zero-order chi connectivity index (χ0) is 23.3. The van der Waals surface area contributed by atoms with Gasteiger partial charge in [0.05, 0.1) is 4.92 Å². The Hall–Kier alpha value is -3.15. The molecule has 1 aliphatic carbocycles. The molecule has 9 nitrogen and oxygen atoms in total. The molecule has 1 fully saturated rings. The summed E-state index contributed by atoms with van der Waals surface area (Å²) in [5.74, 6) is 0.180. The SMILES string of the molecule is NCC1CCC(CN(Cc2ccccc2OC(F)(F)F)c2ncc([N+](=O)[O-])c(N)n2)CC1. The Morgan fingerprint density at radius 3 is 2.44 bits per heavy atom. The number of nitrogens with zero attached hydrogens (tertiary/aromatic N) is 4. The van der Waals surface area contributed by atoms with Gasteiger partial charge in [0.25, 0.3) is 0 Å². The third kappa shape index (κ3) is 6.19. The summed E-state index contributed by atoms with van der Waals surface area (Å²) in [6.07, 6.45) is -0.0922. The average Bonchev–Trinajstić information content (AvgIpc) is 2.73. The van der Waals surface area contributed by atoms with E-state index in [2.05, 4.69) is 14.7 Å². The lowest BCUT2D eigenvalue weighted by atomic mass is 9.82. The van der Waals surface area contributed by atoms with E-state index < -0.39 is 17.0 Å². The predicted octanol–water partition coefficient (Wildman–Crippen LogP) is 3.64. The summed E-state index contributed by atoms with van der Waals surface area (Å²) in [5, 5.41) is 11.0. The highest BCUT2D eigenvalue weighted by Crippen LogP contribution is 2.32. The first kappa shape index (κ1) is 23.5. The smallest absolute Gasteiger partial charge is 0.405 e. The summed E-state index contributed by atoms with van der Waals surface area (Å²) >= 11 is 0. The molecule has 3 rings (SSSR count). The number of halogens is 3. The summed E-state index contributed by atoms with van der Waals surface area (Å²) in [5.41, 5.74) is 11.3. The van der Waals surface area contributed by atoms with Crippen molar-refractivity contribution in [2.24, 2.45) is 17.6 Å². The molecular formula is C20H25F3N6O3. The number of ether oxygens (including phenoxy) is 1. The van der Waals surface area contributed by atoms with Gasteiger partial charge in [0.15, 0.2) is 0 Å². The number of aromatic nitrogens is 2. The van der Waals surface area contributed by atoms with Crippen LogP contribution < -0.4 is 21.1 Å². The van der Waals surface area contributed by atoms with Crippen molar-refractivity contribution >= 4 is 17.5 Å². The van der Waals surface area contributed by atoms with E-state index in [0.29, 0.717) is 19.0 Å². The summed E-state index contributed by atoms with van der Waals surface area (Å²) in [4.78, 5) is 20.2. The lowest BCUT2D eigenvalue weighted by molar-refractivity contribution is -0.384. The van der Waals surface area contributed by atoms with Gasteiger partial charge in [-0.2, -0.15) is 4.98 Å². The van der Waals surface area contributed by atoms with E-state index >= 15 is 0 Å². The van der Waals surface area contributed by atoms with Gasteiger partial charge in [-0.3, -0.25) is 10.1 Å². The molecule has 1 aliphatic rings. The number of hydrogen-bond acceptors (Lipinski definition) is 8. The van der Waals surface area contributed by atoms with E-state index in [1.807, 2.05) is 0 Å². The average molecular weight is 454 g/mol. The molecule has 174 valence electrons. The highest BCUT2D eigenvalue weighted by molar-refractivity contribution is 5.54. The van der Waals surface area contributed by atoms with Crippen LogP contribution in [0.3, 0.4) is 0 Å². The Morgan fingerprint density at radius 2 is 1.84 bits per heavy atom. The molecule has 1 saturated carbocycles. The minimum atomic E-state index is -4.84. The molecule has 2 aromatic rings. The standard InChI is InChI=1S/C20H25F3N6O3/c21-20(22,23)32-17-4-2-1-3-15(17)12-28(11-14-7-5-13(9-24)6-8-14)19-26-10-16(29(30)31)18(25)27-19/h1-4,10,13-14H,5-9,11-12,24H2,(H2,25,26,27). The molecule has 0 spiro atoms. The molecule has 0 atom stereocenters. The summed E-state index contributed by atoms with van der Waals surface area (Å²) in [7, 11) is 0. The van der Waals surface area contributed by atoms with Crippen LogP contribution in [0.1, 0.15) is 31.2 Å². The van der Waals surface area contributed by atoms with Crippen molar-refractivity contribution in [1.82, 2.24) is 9.97 Å². The van der Waals surface area contributed by atoms with Crippen LogP contribution in [0.15, 0.2) is 30.5 Å². The van der Waals surface area contributed by atoms with Gasteiger partial charge < -0.3 is 21.1 Å². The van der Waals surface area contributed by atoms with Gasteiger partial charge in [-0.05, 0) is 50.1 Å². The van der Waals surface area contributed by atoms with E-state index in [1.165, 1.54) is 18.2 Å². The number of para-hydroxylation sites is 1. The minimum absolute atomic E-state index is 0.0142. The first-order valence-corrected chi connectivity index (χ1v) is 10.2. The number of rotatable bonds is 8. The number of alkyl halides is 3. The van der Waals surface area contributed by atoms with Gasteiger partial charge in [0.1, 0.15) is 11.9 Å². The number of nitrogen functional groups attached to an aromatic ring is 1. The van der Waals surface area contributed by atoms with Gasteiger partial charge in [-0.25, -0.2) is 4.98 Å². The zero-order valence-electron chi connectivity index (χ0n) is 17.3. The maximum Gasteiger partial charge on any atom is 0.573 e. The second-order valence-corrected chi connectivity index (χ2v) is 7.86.